The fourth-order valence-electron chi connectivity index (χ4n) is 4.27. The van der Waals surface area contributed by atoms with Crippen LogP contribution in [0, 0.1) is 11.3 Å². The summed E-state index contributed by atoms with van der Waals surface area (Å²) in [7, 11) is 0. The van der Waals surface area contributed by atoms with Gasteiger partial charge in [-0.25, -0.2) is 4.98 Å². The van der Waals surface area contributed by atoms with E-state index in [9.17, 15) is 4.79 Å². The van der Waals surface area contributed by atoms with E-state index in [2.05, 4.69) is 31.1 Å². The van der Waals surface area contributed by atoms with Crippen LogP contribution >= 0.6 is 22.7 Å². The van der Waals surface area contributed by atoms with E-state index in [0.29, 0.717) is 29.7 Å². The molecule has 1 atom stereocenters. The first kappa shape index (κ1) is 20.5. The molecule has 5 rings (SSSR count). The van der Waals surface area contributed by atoms with Crippen LogP contribution in [0.5, 0.6) is 11.5 Å². The highest BCUT2D eigenvalue weighted by molar-refractivity contribution is 7.14. The number of thiophene rings is 1. The van der Waals surface area contributed by atoms with E-state index in [-0.39, 0.29) is 5.91 Å². The molecule has 0 saturated carbocycles. The van der Waals surface area contributed by atoms with Gasteiger partial charge in [-0.2, -0.15) is 0 Å². The molecule has 0 bridgehead atoms. The topological polar surface area (TPSA) is 60.5 Å². The van der Waals surface area contributed by atoms with Crippen molar-refractivity contribution in [2.24, 2.45) is 11.3 Å². The van der Waals surface area contributed by atoms with Crippen LogP contribution in [0.15, 0.2) is 29.0 Å². The maximum absolute atomic E-state index is 13.0. The summed E-state index contributed by atoms with van der Waals surface area (Å²) < 4.78 is 11.3. The van der Waals surface area contributed by atoms with E-state index in [1.54, 1.807) is 11.3 Å². The maximum atomic E-state index is 13.0. The van der Waals surface area contributed by atoms with Crippen LogP contribution in [0.1, 0.15) is 48.0 Å². The van der Waals surface area contributed by atoms with Gasteiger partial charge in [0.1, 0.15) is 13.2 Å². The Bertz CT molecular complexity index is 1130. The minimum atomic E-state index is -0.0604. The summed E-state index contributed by atoms with van der Waals surface area (Å²) in [6, 6.07) is 5.81. The molecule has 1 N–H and O–H groups in total. The van der Waals surface area contributed by atoms with Crippen LogP contribution in [0.4, 0.5) is 5.13 Å². The molecule has 0 fully saturated rings. The van der Waals surface area contributed by atoms with Gasteiger partial charge in [0.25, 0.3) is 5.91 Å². The van der Waals surface area contributed by atoms with Crippen LogP contribution in [0.25, 0.3) is 11.3 Å². The number of anilines is 1. The third-order valence-corrected chi connectivity index (χ3v) is 8.00. The maximum Gasteiger partial charge on any atom is 0.258 e. The summed E-state index contributed by atoms with van der Waals surface area (Å²) in [6.45, 7) is 8.06. The Labute approximate surface area is 190 Å². The number of carbonyl (C=O) groups is 1. The van der Waals surface area contributed by atoms with Gasteiger partial charge in [-0.15, -0.1) is 22.7 Å². The number of amides is 1. The van der Waals surface area contributed by atoms with Crippen molar-refractivity contribution in [3.05, 3.63) is 45.0 Å². The predicted octanol–water partition coefficient (Wildman–Crippen LogP) is 6.05. The molecular weight excluding hydrogens is 428 g/mol. The number of aromatic nitrogens is 1. The van der Waals surface area contributed by atoms with Gasteiger partial charge in [0.05, 0.1) is 11.3 Å². The van der Waals surface area contributed by atoms with E-state index in [4.69, 9.17) is 9.47 Å². The number of carbonyl (C=O) groups excluding carboxylic acids is 1. The highest BCUT2D eigenvalue weighted by Gasteiger charge is 2.31. The van der Waals surface area contributed by atoms with Gasteiger partial charge < -0.3 is 9.47 Å². The number of hydrogen-bond donors (Lipinski definition) is 1. The molecular formula is C24H26N2O3S2. The number of ether oxygens (including phenoxy) is 2. The number of nitrogens with zero attached hydrogens (tertiary/aromatic N) is 1. The number of rotatable bonds is 3. The summed E-state index contributed by atoms with van der Waals surface area (Å²) >= 11 is 3.16. The molecule has 3 heterocycles. The number of thiazole rings is 1. The Morgan fingerprint density at radius 2 is 1.94 bits per heavy atom. The molecule has 1 aliphatic carbocycles. The summed E-state index contributed by atoms with van der Waals surface area (Å²) in [5.41, 5.74) is 4.10. The van der Waals surface area contributed by atoms with Gasteiger partial charge in [-0.05, 0) is 54.4 Å². The monoisotopic (exact) mass is 454 g/mol. The first-order chi connectivity index (χ1) is 14.9. The minimum Gasteiger partial charge on any atom is -0.486 e. The lowest BCUT2D eigenvalue weighted by molar-refractivity contribution is 0.102. The first-order valence-corrected chi connectivity index (χ1v) is 12.4. The summed E-state index contributed by atoms with van der Waals surface area (Å²) in [6.07, 6.45) is 3.19. The molecule has 0 saturated heterocycles. The SMILES string of the molecule is CC(C)(C)C1CCc2c(C(=O)Nc3nc(-c4ccc5c(c4)OCCO5)cs3)csc2C1. The molecule has 2 aromatic heterocycles. The van der Waals surface area contributed by atoms with Crippen molar-refractivity contribution in [3.63, 3.8) is 0 Å². The van der Waals surface area contributed by atoms with Crippen molar-refractivity contribution < 1.29 is 14.3 Å². The Balaban J connectivity index is 1.31. The lowest BCUT2D eigenvalue weighted by atomic mass is 9.72. The van der Waals surface area contributed by atoms with Crippen LogP contribution in [0.2, 0.25) is 0 Å². The standard InChI is InChI=1S/C24H26N2O3S2/c1-24(2,3)15-5-6-16-17(12-30-21(16)11-15)22(27)26-23-25-18(13-31-23)14-4-7-19-20(10-14)29-9-8-28-19/h4,7,10,12-13,15H,5-6,8-9,11H2,1-3H3,(H,25,26,27). The zero-order valence-corrected chi connectivity index (χ0v) is 19.6. The first-order valence-electron chi connectivity index (χ1n) is 10.6. The summed E-state index contributed by atoms with van der Waals surface area (Å²) in [5, 5.41) is 7.59. The molecule has 1 aromatic carbocycles. The van der Waals surface area contributed by atoms with Crippen molar-refractivity contribution >= 4 is 33.7 Å². The molecule has 7 heteroatoms. The smallest absolute Gasteiger partial charge is 0.258 e. The Morgan fingerprint density at radius 3 is 2.74 bits per heavy atom. The highest BCUT2D eigenvalue weighted by atomic mass is 32.1. The van der Waals surface area contributed by atoms with E-state index < -0.39 is 0 Å². The van der Waals surface area contributed by atoms with E-state index in [1.807, 2.05) is 29.0 Å². The second kappa shape index (κ2) is 7.95. The van der Waals surface area contributed by atoms with Gasteiger partial charge in [-0.1, -0.05) is 20.8 Å². The molecule has 5 nitrogen and oxygen atoms in total. The highest BCUT2D eigenvalue weighted by Crippen LogP contribution is 2.41. The van der Waals surface area contributed by atoms with Crippen molar-refractivity contribution in [2.45, 2.75) is 40.0 Å². The molecule has 0 radical (unpaired) electrons. The summed E-state index contributed by atoms with van der Waals surface area (Å²) in [4.78, 5) is 19.0. The van der Waals surface area contributed by atoms with Gasteiger partial charge >= 0.3 is 0 Å². The van der Waals surface area contributed by atoms with Crippen LogP contribution in [0.3, 0.4) is 0 Å². The molecule has 0 spiro atoms. The lowest BCUT2D eigenvalue weighted by Gasteiger charge is -2.34. The van der Waals surface area contributed by atoms with Gasteiger partial charge in [0, 0.05) is 21.2 Å². The second-order valence-corrected chi connectivity index (χ2v) is 11.0. The quantitative estimate of drug-likeness (QED) is 0.524. The number of fused-ring (bicyclic) bond motifs is 2. The average Bonchev–Trinajstić information content (AvgIpc) is 3.39. The van der Waals surface area contributed by atoms with E-state index >= 15 is 0 Å². The molecule has 162 valence electrons. The van der Waals surface area contributed by atoms with Crippen molar-refractivity contribution in [2.75, 3.05) is 18.5 Å². The average molecular weight is 455 g/mol. The van der Waals surface area contributed by atoms with Gasteiger partial charge in [0.2, 0.25) is 0 Å². The normalized spacial score (nSPS) is 17.8. The van der Waals surface area contributed by atoms with E-state index in [0.717, 1.165) is 47.6 Å². The van der Waals surface area contributed by atoms with Crippen LogP contribution in [-0.2, 0) is 12.8 Å². The third kappa shape index (κ3) is 4.08. The van der Waals surface area contributed by atoms with Gasteiger partial charge in [0.15, 0.2) is 16.6 Å². The minimum absolute atomic E-state index is 0.0604. The van der Waals surface area contributed by atoms with Gasteiger partial charge in [-0.3, -0.25) is 10.1 Å². The molecule has 1 aliphatic heterocycles. The Morgan fingerprint density at radius 1 is 1.13 bits per heavy atom. The Hall–Kier alpha value is -2.38. The Kier molecular flexibility index (Phi) is 5.26. The molecule has 2 aliphatic rings. The third-order valence-electron chi connectivity index (χ3n) is 6.19. The lowest BCUT2D eigenvalue weighted by Crippen LogP contribution is -2.27. The molecule has 3 aromatic rings. The molecule has 1 amide bonds. The van der Waals surface area contributed by atoms with E-state index in [1.165, 1.54) is 21.8 Å². The van der Waals surface area contributed by atoms with Crippen molar-refractivity contribution in [1.82, 2.24) is 4.98 Å². The largest absolute Gasteiger partial charge is 0.486 e. The zero-order chi connectivity index (χ0) is 21.6. The van der Waals surface area contributed by atoms with Crippen LogP contribution in [-0.4, -0.2) is 24.1 Å². The number of nitrogens with one attached hydrogen (secondary N) is 1. The number of benzene rings is 1. The predicted molar refractivity (Wildman–Crippen MR) is 126 cm³/mol. The second-order valence-electron chi connectivity index (χ2n) is 9.21. The zero-order valence-electron chi connectivity index (χ0n) is 18.0. The fraction of sp³-hybridized carbons (Fsp3) is 0.417. The van der Waals surface area contributed by atoms with Crippen molar-refractivity contribution in [1.29, 1.82) is 0 Å². The van der Waals surface area contributed by atoms with Crippen LogP contribution < -0.4 is 14.8 Å². The molecule has 1 unspecified atom stereocenters. The molecule has 31 heavy (non-hydrogen) atoms. The number of hydrogen-bond acceptors (Lipinski definition) is 6. The fourth-order valence-corrected chi connectivity index (χ4v) is 6.15. The van der Waals surface area contributed by atoms with Crippen molar-refractivity contribution in [3.8, 4) is 22.8 Å². The summed E-state index contributed by atoms with van der Waals surface area (Å²) in [5.74, 6) is 2.10.